The molecule has 1 N–H and O–H groups in total. The molecule has 1 aromatic carbocycles. The first-order valence-electron chi connectivity index (χ1n) is 9.89. The fourth-order valence-corrected chi connectivity index (χ4v) is 5.46. The fourth-order valence-electron chi connectivity index (χ4n) is 3.09. The van der Waals surface area contributed by atoms with Crippen molar-refractivity contribution in [2.75, 3.05) is 4.72 Å². The first-order chi connectivity index (χ1) is 15.5. The zero-order valence-corrected chi connectivity index (χ0v) is 20.7. The van der Waals surface area contributed by atoms with Crippen molar-refractivity contribution in [2.24, 2.45) is 7.05 Å². The number of sulfonamides is 1. The number of hydrogen-bond donors (Lipinski definition) is 1. The van der Waals surface area contributed by atoms with Crippen molar-refractivity contribution in [3.05, 3.63) is 65.0 Å². The van der Waals surface area contributed by atoms with E-state index in [0.29, 0.717) is 16.3 Å². The summed E-state index contributed by atoms with van der Waals surface area (Å²) in [6.45, 7) is 6.02. The minimum atomic E-state index is -3.97. The smallest absolute Gasteiger partial charge is 0.263 e. The van der Waals surface area contributed by atoms with Crippen LogP contribution >= 0.6 is 22.9 Å². The van der Waals surface area contributed by atoms with E-state index in [1.807, 2.05) is 20.8 Å². The highest BCUT2D eigenvalue weighted by molar-refractivity contribution is 7.92. The molecule has 11 heteroatoms. The van der Waals surface area contributed by atoms with Crippen molar-refractivity contribution in [1.29, 1.82) is 0 Å². The summed E-state index contributed by atoms with van der Waals surface area (Å²) in [5, 5.41) is 0.839. The molecule has 0 aliphatic carbocycles. The molecule has 4 rings (SSSR count). The van der Waals surface area contributed by atoms with E-state index in [4.69, 9.17) is 16.6 Å². The highest BCUT2D eigenvalue weighted by Crippen LogP contribution is 2.42. The Kier molecular flexibility index (Phi) is 6.02. The van der Waals surface area contributed by atoms with Gasteiger partial charge in [0, 0.05) is 36.6 Å². The predicted molar refractivity (Wildman–Crippen MR) is 128 cm³/mol. The number of nitrogens with one attached hydrogen (secondary N) is 1. The molecular formula is C22H21ClFN5O2S2. The molecule has 0 aliphatic heterocycles. The number of anilines is 1. The number of hydrogen-bond acceptors (Lipinski definition) is 6. The summed E-state index contributed by atoms with van der Waals surface area (Å²) < 4.78 is 45.1. The molecule has 3 aromatic heterocycles. The average Bonchev–Trinajstić information content (AvgIpc) is 3.36. The van der Waals surface area contributed by atoms with E-state index >= 15 is 4.39 Å². The summed E-state index contributed by atoms with van der Waals surface area (Å²) in [5.74, 6) is -0.732. The van der Waals surface area contributed by atoms with Crippen LogP contribution in [0, 0.1) is 5.82 Å². The van der Waals surface area contributed by atoms with E-state index in [9.17, 15) is 8.42 Å². The average molecular weight is 506 g/mol. The SMILES string of the molecule is Cn1ccc(S(=O)(=O)Nc2cccc(-c3nc(C(C)(C)C)sc3-c3ccnc(Cl)n3)c2F)c1. The molecule has 0 aliphatic rings. The van der Waals surface area contributed by atoms with Gasteiger partial charge in [-0.3, -0.25) is 4.72 Å². The monoisotopic (exact) mass is 505 g/mol. The summed E-state index contributed by atoms with van der Waals surface area (Å²) in [6, 6.07) is 7.63. The van der Waals surface area contributed by atoms with Crippen molar-refractivity contribution in [2.45, 2.75) is 31.1 Å². The highest BCUT2D eigenvalue weighted by atomic mass is 35.5. The van der Waals surface area contributed by atoms with Crippen LogP contribution in [0.15, 0.2) is 53.8 Å². The number of benzene rings is 1. The molecule has 0 saturated carbocycles. The lowest BCUT2D eigenvalue weighted by molar-refractivity contribution is 0.585. The number of nitrogens with zero attached hydrogens (tertiary/aromatic N) is 4. The predicted octanol–water partition coefficient (Wildman–Crippen LogP) is 5.50. The lowest BCUT2D eigenvalue weighted by Gasteiger charge is -2.13. The van der Waals surface area contributed by atoms with E-state index in [1.54, 1.807) is 36.0 Å². The van der Waals surface area contributed by atoms with Gasteiger partial charge in [0.2, 0.25) is 5.28 Å². The molecule has 172 valence electrons. The Morgan fingerprint density at radius 2 is 1.91 bits per heavy atom. The van der Waals surface area contributed by atoms with E-state index in [2.05, 4.69) is 14.7 Å². The van der Waals surface area contributed by atoms with Gasteiger partial charge in [-0.2, -0.15) is 0 Å². The zero-order valence-electron chi connectivity index (χ0n) is 18.3. The Morgan fingerprint density at radius 1 is 1.15 bits per heavy atom. The molecule has 0 atom stereocenters. The van der Waals surface area contributed by atoms with Crippen LogP contribution in [0.25, 0.3) is 21.8 Å². The number of aryl methyl sites for hydroxylation is 1. The third kappa shape index (κ3) is 4.78. The maximum Gasteiger partial charge on any atom is 0.263 e. The maximum atomic E-state index is 15.7. The molecule has 7 nitrogen and oxygen atoms in total. The minimum absolute atomic E-state index is 0.0368. The molecule has 33 heavy (non-hydrogen) atoms. The second-order valence-electron chi connectivity index (χ2n) is 8.44. The van der Waals surface area contributed by atoms with Crippen LogP contribution < -0.4 is 4.72 Å². The molecule has 0 fully saturated rings. The van der Waals surface area contributed by atoms with Gasteiger partial charge in [-0.05, 0) is 35.9 Å². The van der Waals surface area contributed by atoms with Gasteiger partial charge >= 0.3 is 0 Å². The Balaban J connectivity index is 1.84. The Morgan fingerprint density at radius 3 is 2.55 bits per heavy atom. The summed E-state index contributed by atoms with van der Waals surface area (Å²) in [7, 11) is -2.26. The number of halogens is 2. The Labute approximate surface area is 200 Å². The maximum absolute atomic E-state index is 15.7. The summed E-state index contributed by atoms with van der Waals surface area (Å²) >= 11 is 7.37. The van der Waals surface area contributed by atoms with Crippen molar-refractivity contribution in [3.63, 3.8) is 0 Å². The van der Waals surface area contributed by atoms with Gasteiger partial charge in [0.15, 0.2) is 5.82 Å². The molecule has 0 radical (unpaired) electrons. The van der Waals surface area contributed by atoms with Gasteiger partial charge in [0.25, 0.3) is 10.0 Å². The number of thiazole rings is 1. The van der Waals surface area contributed by atoms with Gasteiger partial charge in [-0.1, -0.05) is 26.8 Å². The van der Waals surface area contributed by atoms with Crippen LogP contribution in [-0.2, 0) is 22.5 Å². The van der Waals surface area contributed by atoms with E-state index < -0.39 is 15.8 Å². The van der Waals surface area contributed by atoms with Gasteiger partial charge in [-0.25, -0.2) is 27.8 Å². The molecule has 4 aromatic rings. The fraction of sp³-hybridized carbons (Fsp3) is 0.227. The number of aromatic nitrogens is 4. The van der Waals surface area contributed by atoms with Crippen LogP contribution in [0.4, 0.5) is 10.1 Å². The molecule has 3 heterocycles. The van der Waals surface area contributed by atoms with Gasteiger partial charge in [0.05, 0.1) is 27.0 Å². The van der Waals surface area contributed by atoms with E-state index in [1.165, 1.54) is 35.9 Å². The van der Waals surface area contributed by atoms with Crippen molar-refractivity contribution >= 4 is 38.6 Å². The van der Waals surface area contributed by atoms with Gasteiger partial charge in [0.1, 0.15) is 4.90 Å². The van der Waals surface area contributed by atoms with Crippen molar-refractivity contribution in [1.82, 2.24) is 19.5 Å². The van der Waals surface area contributed by atoms with E-state index in [-0.39, 0.29) is 26.8 Å². The molecule has 0 unspecified atom stereocenters. The standard InChI is InChI=1S/C22H21ClFN5O2S2/c1-22(2,3)20-27-18(19(32-20)16-8-10-25-21(23)26-16)14-6-5-7-15(17(14)24)28-33(30,31)13-9-11-29(4)12-13/h5-12,28H,1-4H3. The first kappa shape index (κ1) is 23.3. The third-order valence-electron chi connectivity index (χ3n) is 4.74. The third-order valence-corrected chi connectivity index (χ3v) is 7.78. The van der Waals surface area contributed by atoms with Crippen LogP contribution in [0.1, 0.15) is 25.8 Å². The lowest BCUT2D eigenvalue weighted by atomic mass is 9.98. The molecule has 0 bridgehead atoms. The first-order valence-corrected chi connectivity index (χ1v) is 12.6. The Bertz CT molecular complexity index is 1440. The second-order valence-corrected chi connectivity index (χ2v) is 11.5. The van der Waals surface area contributed by atoms with Crippen LogP contribution in [0.2, 0.25) is 5.28 Å². The quantitative estimate of drug-likeness (QED) is 0.362. The summed E-state index contributed by atoms with van der Waals surface area (Å²) in [5.41, 5.74) is 0.552. The lowest BCUT2D eigenvalue weighted by Crippen LogP contribution is -2.14. The second kappa shape index (κ2) is 8.51. The summed E-state index contributed by atoms with van der Waals surface area (Å²) in [6.07, 6.45) is 4.56. The topological polar surface area (TPSA) is 89.8 Å². The molecule has 0 saturated heterocycles. The normalized spacial score (nSPS) is 12.2. The van der Waals surface area contributed by atoms with Crippen molar-refractivity contribution in [3.8, 4) is 21.8 Å². The van der Waals surface area contributed by atoms with Crippen LogP contribution in [0.3, 0.4) is 0 Å². The largest absolute Gasteiger partial charge is 0.356 e. The zero-order chi connectivity index (χ0) is 24.0. The molecular weight excluding hydrogens is 485 g/mol. The van der Waals surface area contributed by atoms with Crippen LogP contribution in [-0.4, -0.2) is 27.9 Å². The minimum Gasteiger partial charge on any atom is -0.356 e. The molecule has 0 spiro atoms. The van der Waals surface area contributed by atoms with Gasteiger partial charge < -0.3 is 4.57 Å². The summed E-state index contributed by atoms with van der Waals surface area (Å²) in [4.78, 5) is 13.5. The van der Waals surface area contributed by atoms with Crippen molar-refractivity contribution < 1.29 is 12.8 Å². The Hall–Kier alpha value is -2.82. The van der Waals surface area contributed by atoms with E-state index in [0.717, 1.165) is 5.01 Å². The van der Waals surface area contributed by atoms with Crippen LogP contribution in [0.5, 0.6) is 0 Å². The van der Waals surface area contributed by atoms with Gasteiger partial charge in [-0.15, -0.1) is 11.3 Å². The highest BCUT2D eigenvalue weighted by Gasteiger charge is 2.27. The molecule has 0 amide bonds. The number of rotatable bonds is 5.